The summed E-state index contributed by atoms with van der Waals surface area (Å²) in [5, 5.41) is 2.70. The average molecular weight is 205 g/mol. The Bertz CT molecular complexity index is 361. The van der Waals surface area contributed by atoms with Crippen molar-refractivity contribution >= 4 is 17.7 Å². The zero-order valence-electron chi connectivity index (χ0n) is 8.73. The van der Waals surface area contributed by atoms with Crippen molar-refractivity contribution in [1.82, 2.24) is 10.3 Å². The summed E-state index contributed by atoms with van der Waals surface area (Å²) in [6, 6.07) is 3.60. The van der Waals surface area contributed by atoms with E-state index in [9.17, 15) is 4.79 Å². The zero-order chi connectivity index (χ0) is 11.1. The van der Waals surface area contributed by atoms with E-state index in [1.807, 2.05) is 12.2 Å². The van der Waals surface area contributed by atoms with Gasteiger partial charge in [-0.25, -0.2) is 0 Å². The van der Waals surface area contributed by atoms with Gasteiger partial charge in [0, 0.05) is 19.7 Å². The summed E-state index contributed by atoms with van der Waals surface area (Å²) in [4.78, 5) is 14.7. The molecule has 0 spiro atoms. The van der Waals surface area contributed by atoms with Crippen molar-refractivity contribution < 1.29 is 4.79 Å². The lowest BCUT2D eigenvalue weighted by molar-refractivity contribution is -0.118. The predicted octanol–water partition coefficient (Wildman–Crippen LogP) is 1.20. The summed E-state index contributed by atoms with van der Waals surface area (Å²) < 4.78 is 0. The summed E-state index contributed by atoms with van der Waals surface area (Å²) in [5.74, 6) is -0.0132. The van der Waals surface area contributed by atoms with Gasteiger partial charge in [0.05, 0.1) is 11.4 Å². The van der Waals surface area contributed by atoms with Crippen molar-refractivity contribution in [2.45, 2.75) is 13.3 Å². The molecule has 3 N–H and O–H groups in total. The molecule has 1 heterocycles. The highest BCUT2D eigenvalue weighted by atomic mass is 16.1. The van der Waals surface area contributed by atoms with Crippen LogP contribution >= 0.6 is 0 Å². The first-order chi connectivity index (χ1) is 7.20. The number of carbonyl (C=O) groups excluding carboxylic acids is 1. The van der Waals surface area contributed by atoms with Crippen molar-refractivity contribution in [2.24, 2.45) is 0 Å². The average Bonchev–Trinajstić information content (AvgIpc) is 2.20. The molecule has 0 unspecified atom stereocenters. The van der Waals surface area contributed by atoms with Gasteiger partial charge in [-0.05, 0) is 24.6 Å². The van der Waals surface area contributed by atoms with Crippen LogP contribution < -0.4 is 11.1 Å². The van der Waals surface area contributed by atoms with Crippen molar-refractivity contribution in [2.75, 3.05) is 12.3 Å². The smallest absolute Gasteiger partial charge is 0.216 e. The van der Waals surface area contributed by atoms with E-state index < -0.39 is 0 Å². The number of aromatic nitrogens is 1. The van der Waals surface area contributed by atoms with Crippen LogP contribution in [0.25, 0.3) is 6.08 Å². The third-order valence-corrected chi connectivity index (χ3v) is 1.83. The van der Waals surface area contributed by atoms with E-state index in [0.717, 1.165) is 12.1 Å². The van der Waals surface area contributed by atoms with Gasteiger partial charge in [-0.15, -0.1) is 0 Å². The van der Waals surface area contributed by atoms with Gasteiger partial charge in [0.15, 0.2) is 0 Å². The van der Waals surface area contributed by atoms with E-state index in [0.29, 0.717) is 12.2 Å². The summed E-state index contributed by atoms with van der Waals surface area (Å²) in [6.45, 7) is 2.14. The van der Waals surface area contributed by atoms with Crippen molar-refractivity contribution in [3.05, 3.63) is 30.1 Å². The van der Waals surface area contributed by atoms with Gasteiger partial charge < -0.3 is 11.1 Å². The number of pyridine rings is 1. The molecule has 1 rings (SSSR count). The third-order valence-electron chi connectivity index (χ3n) is 1.83. The highest BCUT2D eigenvalue weighted by molar-refractivity contribution is 5.72. The second kappa shape index (κ2) is 5.80. The standard InChI is InChI=1S/C11H15N3O/c1-9(15)13-7-3-2-6-11-10(12)5-4-8-14-11/h2,4-6,8H,3,7,12H2,1H3,(H,13,15). The number of hydrogen-bond donors (Lipinski definition) is 2. The van der Waals surface area contributed by atoms with Crippen LogP contribution in [-0.2, 0) is 4.79 Å². The fourth-order valence-corrected chi connectivity index (χ4v) is 1.10. The molecule has 4 nitrogen and oxygen atoms in total. The molecule has 0 aliphatic carbocycles. The van der Waals surface area contributed by atoms with Crippen LogP contribution in [-0.4, -0.2) is 17.4 Å². The third kappa shape index (κ3) is 4.26. The summed E-state index contributed by atoms with van der Waals surface area (Å²) >= 11 is 0. The molecule has 0 aliphatic heterocycles. The minimum atomic E-state index is -0.0132. The second-order valence-corrected chi connectivity index (χ2v) is 3.15. The van der Waals surface area contributed by atoms with Crippen LogP contribution in [0.2, 0.25) is 0 Å². The van der Waals surface area contributed by atoms with Crippen LogP contribution in [0.3, 0.4) is 0 Å². The fraction of sp³-hybridized carbons (Fsp3) is 0.273. The number of nitrogens with zero attached hydrogens (tertiary/aromatic N) is 1. The van der Waals surface area contributed by atoms with Gasteiger partial charge in [0.2, 0.25) is 5.91 Å². The topological polar surface area (TPSA) is 68.0 Å². The molecule has 0 bridgehead atoms. The van der Waals surface area contributed by atoms with Gasteiger partial charge >= 0.3 is 0 Å². The first-order valence-electron chi connectivity index (χ1n) is 4.81. The van der Waals surface area contributed by atoms with Gasteiger partial charge in [-0.1, -0.05) is 6.08 Å². The Morgan fingerprint density at radius 1 is 1.67 bits per heavy atom. The van der Waals surface area contributed by atoms with Crippen LogP contribution in [0.1, 0.15) is 19.0 Å². The molecule has 0 saturated carbocycles. The highest BCUT2D eigenvalue weighted by Gasteiger charge is 1.93. The number of hydrogen-bond acceptors (Lipinski definition) is 3. The fourth-order valence-electron chi connectivity index (χ4n) is 1.10. The van der Waals surface area contributed by atoms with E-state index in [4.69, 9.17) is 5.73 Å². The monoisotopic (exact) mass is 205 g/mol. The number of anilines is 1. The molecular formula is C11H15N3O. The van der Waals surface area contributed by atoms with Crippen molar-refractivity contribution in [1.29, 1.82) is 0 Å². The molecule has 1 aromatic heterocycles. The number of nitrogens with two attached hydrogens (primary N) is 1. The molecule has 15 heavy (non-hydrogen) atoms. The Labute approximate surface area is 89.2 Å². The van der Waals surface area contributed by atoms with Gasteiger partial charge in [-0.3, -0.25) is 9.78 Å². The number of nitrogens with one attached hydrogen (secondary N) is 1. The molecule has 0 saturated heterocycles. The van der Waals surface area contributed by atoms with Gasteiger partial charge in [0.1, 0.15) is 0 Å². The van der Waals surface area contributed by atoms with E-state index >= 15 is 0 Å². The number of nitrogen functional groups attached to an aromatic ring is 1. The summed E-state index contributed by atoms with van der Waals surface area (Å²) in [6.07, 6.45) is 6.27. The molecule has 1 aromatic rings. The molecule has 4 heteroatoms. The molecule has 0 aliphatic rings. The Kier molecular flexibility index (Phi) is 4.34. The van der Waals surface area contributed by atoms with Crippen molar-refractivity contribution in [3.63, 3.8) is 0 Å². The number of amides is 1. The lowest BCUT2D eigenvalue weighted by Gasteiger charge is -1.98. The molecular weight excluding hydrogens is 190 g/mol. The lowest BCUT2D eigenvalue weighted by atomic mass is 10.2. The SMILES string of the molecule is CC(=O)NCCC=Cc1ncccc1N. The van der Waals surface area contributed by atoms with E-state index in [2.05, 4.69) is 10.3 Å². The maximum absolute atomic E-state index is 10.6. The minimum Gasteiger partial charge on any atom is -0.397 e. The zero-order valence-corrected chi connectivity index (χ0v) is 8.73. The summed E-state index contributed by atoms with van der Waals surface area (Å²) in [7, 11) is 0. The first kappa shape index (κ1) is 11.2. The minimum absolute atomic E-state index is 0.0132. The maximum atomic E-state index is 10.6. The molecule has 0 radical (unpaired) electrons. The first-order valence-corrected chi connectivity index (χ1v) is 4.81. The predicted molar refractivity (Wildman–Crippen MR) is 61.0 cm³/mol. The summed E-state index contributed by atoms with van der Waals surface area (Å²) in [5.41, 5.74) is 7.12. The number of carbonyl (C=O) groups is 1. The second-order valence-electron chi connectivity index (χ2n) is 3.15. The highest BCUT2D eigenvalue weighted by Crippen LogP contribution is 2.08. The number of rotatable bonds is 4. The Morgan fingerprint density at radius 3 is 3.13 bits per heavy atom. The molecule has 80 valence electrons. The largest absolute Gasteiger partial charge is 0.397 e. The van der Waals surface area contributed by atoms with Gasteiger partial charge in [-0.2, -0.15) is 0 Å². The molecule has 0 aromatic carbocycles. The Hall–Kier alpha value is -1.84. The maximum Gasteiger partial charge on any atom is 0.216 e. The Morgan fingerprint density at radius 2 is 2.47 bits per heavy atom. The van der Waals surface area contributed by atoms with E-state index in [-0.39, 0.29) is 5.91 Å². The van der Waals surface area contributed by atoms with Crippen LogP contribution in [0.15, 0.2) is 24.4 Å². The Balaban J connectivity index is 2.38. The normalized spacial score (nSPS) is 10.5. The lowest BCUT2D eigenvalue weighted by Crippen LogP contribution is -2.20. The van der Waals surface area contributed by atoms with E-state index in [1.165, 1.54) is 6.92 Å². The van der Waals surface area contributed by atoms with Crippen LogP contribution in [0, 0.1) is 0 Å². The molecule has 0 atom stereocenters. The van der Waals surface area contributed by atoms with E-state index in [1.54, 1.807) is 18.3 Å². The molecule has 1 amide bonds. The van der Waals surface area contributed by atoms with Crippen LogP contribution in [0.5, 0.6) is 0 Å². The van der Waals surface area contributed by atoms with Crippen LogP contribution in [0.4, 0.5) is 5.69 Å². The molecule has 0 fully saturated rings. The van der Waals surface area contributed by atoms with Crippen molar-refractivity contribution in [3.8, 4) is 0 Å². The quantitative estimate of drug-likeness (QED) is 0.726. The van der Waals surface area contributed by atoms with Gasteiger partial charge in [0.25, 0.3) is 0 Å².